The lowest BCUT2D eigenvalue weighted by Crippen LogP contribution is -2.22. The SMILES string of the molecule is COc1ccc(Nc2cc(C(=O)NCc3ccc(Cl)cc3)ccn2)cc1. The predicted octanol–water partition coefficient (Wildman–Crippen LogP) is 4.42. The van der Waals surface area contributed by atoms with Gasteiger partial charge in [-0.25, -0.2) is 4.98 Å². The minimum atomic E-state index is -0.167. The van der Waals surface area contributed by atoms with Crippen LogP contribution in [0.2, 0.25) is 5.02 Å². The van der Waals surface area contributed by atoms with Crippen LogP contribution in [-0.2, 0) is 6.54 Å². The highest BCUT2D eigenvalue weighted by Gasteiger charge is 2.07. The summed E-state index contributed by atoms with van der Waals surface area (Å²) in [6.45, 7) is 0.430. The fourth-order valence-electron chi connectivity index (χ4n) is 2.35. The molecule has 1 heterocycles. The average molecular weight is 368 g/mol. The third kappa shape index (κ3) is 4.74. The molecular weight excluding hydrogens is 350 g/mol. The van der Waals surface area contributed by atoms with Crippen molar-refractivity contribution in [3.8, 4) is 5.75 Å². The van der Waals surface area contributed by atoms with Gasteiger partial charge in [0, 0.05) is 29.0 Å². The molecular formula is C20H18ClN3O2. The van der Waals surface area contributed by atoms with Crippen LogP contribution in [0.4, 0.5) is 11.5 Å². The molecule has 26 heavy (non-hydrogen) atoms. The fraction of sp³-hybridized carbons (Fsp3) is 0.100. The van der Waals surface area contributed by atoms with E-state index in [2.05, 4.69) is 15.6 Å². The molecule has 6 heteroatoms. The minimum Gasteiger partial charge on any atom is -0.497 e. The third-order valence-electron chi connectivity index (χ3n) is 3.75. The van der Waals surface area contributed by atoms with Crippen LogP contribution in [-0.4, -0.2) is 18.0 Å². The van der Waals surface area contributed by atoms with Crippen molar-refractivity contribution in [1.29, 1.82) is 0 Å². The van der Waals surface area contributed by atoms with Gasteiger partial charge in [0.1, 0.15) is 11.6 Å². The van der Waals surface area contributed by atoms with Crippen molar-refractivity contribution in [1.82, 2.24) is 10.3 Å². The summed E-state index contributed by atoms with van der Waals surface area (Å²) in [5, 5.41) is 6.73. The lowest BCUT2D eigenvalue weighted by Gasteiger charge is -2.09. The van der Waals surface area contributed by atoms with E-state index in [0.717, 1.165) is 17.0 Å². The lowest BCUT2D eigenvalue weighted by atomic mass is 10.2. The Bertz CT molecular complexity index is 880. The van der Waals surface area contributed by atoms with E-state index < -0.39 is 0 Å². The van der Waals surface area contributed by atoms with E-state index in [1.807, 2.05) is 36.4 Å². The van der Waals surface area contributed by atoms with Gasteiger partial charge < -0.3 is 15.4 Å². The summed E-state index contributed by atoms with van der Waals surface area (Å²) in [6, 6.07) is 18.2. The van der Waals surface area contributed by atoms with E-state index in [0.29, 0.717) is 22.9 Å². The Morgan fingerprint density at radius 1 is 1.08 bits per heavy atom. The number of ether oxygens (including phenoxy) is 1. The number of benzene rings is 2. The highest BCUT2D eigenvalue weighted by molar-refractivity contribution is 6.30. The van der Waals surface area contributed by atoms with E-state index in [-0.39, 0.29) is 5.91 Å². The molecule has 0 atom stereocenters. The van der Waals surface area contributed by atoms with Gasteiger partial charge in [0.05, 0.1) is 7.11 Å². The van der Waals surface area contributed by atoms with Gasteiger partial charge >= 0.3 is 0 Å². The largest absolute Gasteiger partial charge is 0.497 e. The molecule has 0 saturated carbocycles. The van der Waals surface area contributed by atoms with Gasteiger partial charge in [-0.2, -0.15) is 0 Å². The number of hydrogen-bond donors (Lipinski definition) is 2. The predicted molar refractivity (Wildman–Crippen MR) is 103 cm³/mol. The van der Waals surface area contributed by atoms with Crippen molar-refractivity contribution < 1.29 is 9.53 Å². The van der Waals surface area contributed by atoms with Crippen LogP contribution >= 0.6 is 11.6 Å². The molecule has 2 aromatic carbocycles. The first-order chi connectivity index (χ1) is 12.6. The van der Waals surface area contributed by atoms with Gasteiger partial charge in [-0.15, -0.1) is 0 Å². The summed E-state index contributed by atoms with van der Waals surface area (Å²) in [4.78, 5) is 16.6. The van der Waals surface area contributed by atoms with Crippen molar-refractivity contribution in [2.45, 2.75) is 6.54 Å². The average Bonchev–Trinajstić information content (AvgIpc) is 2.68. The van der Waals surface area contributed by atoms with Crippen LogP contribution in [0.1, 0.15) is 15.9 Å². The Morgan fingerprint density at radius 3 is 2.50 bits per heavy atom. The van der Waals surface area contributed by atoms with Crippen molar-refractivity contribution in [2.75, 3.05) is 12.4 Å². The zero-order chi connectivity index (χ0) is 18.4. The summed E-state index contributed by atoms with van der Waals surface area (Å²) in [7, 11) is 1.62. The van der Waals surface area contributed by atoms with Crippen LogP contribution in [0.5, 0.6) is 5.75 Å². The normalized spacial score (nSPS) is 10.2. The maximum Gasteiger partial charge on any atom is 0.251 e. The molecule has 0 spiro atoms. The second kappa shape index (κ2) is 8.36. The highest BCUT2D eigenvalue weighted by atomic mass is 35.5. The first kappa shape index (κ1) is 17.8. The van der Waals surface area contributed by atoms with Crippen molar-refractivity contribution >= 4 is 29.0 Å². The topological polar surface area (TPSA) is 63.2 Å². The zero-order valence-corrected chi connectivity index (χ0v) is 15.0. The molecule has 0 aliphatic heterocycles. The number of carbonyl (C=O) groups excluding carboxylic acids is 1. The molecule has 132 valence electrons. The number of nitrogens with one attached hydrogen (secondary N) is 2. The van der Waals surface area contributed by atoms with E-state index in [1.54, 1.807) is 37.6 Å². The highest BCUT2D eigenvalue weighted by Crippen LogP contribution is 2.19. The van der Waals surface area contributed by atoms with Gasteiger partial charge in [-0.3, -0.25) is 4.79 Å². The second-order valence-corrected chi connectivity index (χ2v) is 6.03. The van der Waals surface area contributed by atoms with Crippen LogP contribution < -0.4 is 15.4 Å². The summed E-state index contributed by atoms with van der Waals surface area (Å²) >= 11 is 5.86. The molecule has 0 fully saturated rings. The zero-order valence-electron chi connectivity index (χ0n) is 14.2. The first-order valence-electron chi connectivity index (χ1n) is 8.04. The van der Waals surface area contributed by atoms with Crippen LogP contribution in [0.25, 0.3) is 0 Å². The summed E-state index contributed by atoms with van der Waals surface area (Å²) < 4.78 is 5.14. The first-order valence-corrected chi connectivity index (χ1v) is 8.41. The van der Waals surface area contributed by atoms with Crippen LogP contribution in [0, 0.1) is 0 Å². The number of methoxy groups -OCH3 is 1. The maximum atomic E-state index is 12.4. The smallest absolute Gasteiger partial charge is 0.251 e. The number of rotatable bonds is 6. The number of carbonyl (C=O) groups is 1. The second-order valence-electron chi connectivity index (χ2n) is 5.59. The van der Waals surface area contributed by atoms with E-state index in [4.69, 9.17) is 16.3 Å². The quantitative estimate of drug-likeness (QED) is 0.677. The molecule has 0 bridgehead atoms. The number of amides is 1. The third-order valence-corrected chi connectivity index (χ3v) is 4.00. The van der Waals surface area contributed by atoms with Gasteiger partial charge in [0.25, 0.3) is 5.91 Å². The summed E-state index contributed by atoms with van der Waals surface area (Å²) in [6.07, 6.45) is 1.60. The molecule has 1 aromatic heterocycles. The Labute approximate surface area is 157 Å². The van der Waals surface area contributed by atoms with Crippen LogP contribution in [0.3, 0.4) is 0 Å². The van der Waals surface area contributed by atoms with E-state index >= 15 is 0 Å². The minimum absolute atomic E-state index is 0.167. The molecule has 2 N–H and O–H groups in total. The van der Waals surface area contributed by atoms with E-state index in [9.17, 15) is 4.79 Å². The Hall–Kier alpha value is -3.05. The lowest BCUT2D eigenvalue weighted by molar-refractivity contribution is 0.0951. The standard InChI is InChI=1S/C20H18ClN3O2/c1-26-18-8-6-17(7-9-18)24-19-12-15(10-11-22-19)20(25)23-13-14-2-4-16(21)5-3-14/h2-12H,13H2,1H3,(H,22,24)(H,23,25). The number of anilines is 2. The summed E-state index contributed by atoms with van der Waals surface area (Å²) in [5.41, 5.74) is 2.37. The maximum absolute atomic E-state index is 12.4. The van der Waals surface area contributed by atoms with Gasteiger partial charge in [-0.05, 0) is 54.1 Å². The molecule has 0 aliphatic carbocycles. The number of aromatic nitrogens is 1. The fourth-order valence-corrected chi connectivity index (χ4v) is 2.48. The van der Waals surface area contributed by atoms with Gasteiger partial charge in [0.15, 0.2) is 0 Å². The monoisotopic (exact) mass is 367 g/mol. The molecule has 3 rings (SSSR count). The van der Waals surface area contributed by atoms with Gasteiger partial charge in [-0.1, -0.05) is 23.7 Å². The van der Waals surface area contributed by atoms with Crippen molar-refractivity contribution in [3.05, 3.63) is 83.0 Å². The molecule has 5 nitrogen and oxygen atoms in total. The molecule has 3 aromatic rings. The Kier molecular flexibility index (Phi) is 5.71. The Balaban J connectivity index is 1.63. The molecule has 0 radical (unpaired) electrons. The molecule has 1 amide bonds. The Morgan fingerprint density at radius 2 is 1.81 bits per heavy atom. The number of hydrogen-bond acceptors (Lipinski definition) is 4. The molecule has 0 aliphatic rings. The van der Waals surface area contributed by atoms with Crippen molar-refractivity contribution in [3.63, 3.8) is 0 Å². The summed E-state index contributed by atoms with van der Waals surface area (Å²) in [5.74, 6) is 1.20. The van der Waals surface area contributed by atoms with Crippen molar-refractivity contribution in [2.24, 2.45) is 0 Å². The molecule has 0 unspecified atom stereocenters. The van der Waals surface area contributed by atoms with Crippen LogP contribution in [0.15, 0.2) is 66.9 Å². The molecule has 0 saturated heterocycles. The van der Waals surface area contributed by atoms with E-state index in [1.165, 1.54) is 0 Å². The number of pyridine rings is 1. The van der Waals surface area contributed by atoms with Gasteiger partial charge in [0.2, 0.25) is 0 Å². The number of nitrogens with zero attached hydrogens (tertiary/aromatic N) is 1. The number of halogens is 1.